The molecule has 1 aliphatic rings. The maximum Gasteiger partial charge on any atom is 0.237 e. The van der Waals surface area contributed by atoms with E-state index in [1.54, 1.807) is 0 Å². The summed E-state index contributed by atoms with van der Waals surface area (Å²) in [5.74, 6) is -0.174. The van der Waals surface area contributed by atoms with Gasteiger partial charge in [0.05, 0.1) is 12.1 Å². The second-order valence-corrected chi connectivity index (χ2v) is 6.41. The van der Waals surface area contributed by atoms with Crippen LogP contribution in [0.2, 0.25) is 0 Å². The normalized spacial score (nSPS) is 22.3. The Labute approximate surface area is 138 Å². The van der Waals surface area contributed by atoms with Crippen LogP contribution in [0.5, 0.6) is 0 Å². The van der Waals surface area contributed by atoms with E-state index < -0.39 is 12.2 Å². The van der Waals surface area contributed by atoms with Crippen molar-refractivity contribution in [3.63, 3.8) is 0 Å². The summed E-state index contributed by atoms with van der Waals surface area (Å²) in [5, 5.41) is 26.4. The fourth-order valence-electron chi connectivity index (χ4n) is 2.50. The third-order valence-electron chi connectivity index (χ3n) is 3.67. The molecular formula is C15H19ClN2O3S. The van der Waals surface area contributed by atoms with E-state index >= 15 is 0 Å². The van der Waals surface area contributed by atoms with Crippen molar-refractivity contribution in [3.8, 4) is 0 Å². The molecule has 120 valence electrons. The van der Waals surface area contributed by atoms with E-state index in [-0.39, 0.29) is 30.9 Å². The van der Waals surface area contributed by atoms with Crippen LogP contribution in [0, 0.1) is 0 Å². The van der Waals surface area contributed by atoms with Gasteiger partial charge in [0.15, 0.2) is 0 Å². The predicted molar refractivity (Wildman–Crippen MR) is 89.5 cm³/mol. The number of amides is 1. The number of aliphatic hydroxyl groups excluding tert-OH is 2. The second kappa shape index (κ2) is 7.39. The molecule has 3 rings (SSSR count). The number of carbonyl (C=O) groups is 1. The number of halogens is 1. The Hall–Kier alpha value is -1.18. The summed E-state index contributed by atoms with van der Waals surface area (Å²) in [6.45, 7) is 0.622. The van der Waals surface area contributed by atoms with Crippen molar-refractivity contribution in [1.29, 1.82) is 0 Å². The number of hydrogen-bond donors (Lipinski definition) is 4. The molecule has 1 aliphatic heterocycles. The molecule has 0 bridgehead atoms. The number of nitrogens with one attached hydrogen (secondary N) is 2. The summed E-state index contributed by atoms with van der Waals surface area (Å²) in [7, 11) is 0. The van der Waals surface area contributed by atoms with E-state index in [1.807, 2.05) is 30.3 Å². The molecule has 4 N–H and O–H groups in total. The van der Waals surface area contributed by atoms with Gasteiger partial charge in [0.2, 0.25) is 5.91 Å². The largest absolute Gasteiger partial charge is 0.392 e. The quantitative estimate of drug-likeness (QED) is 0.673. The number of thiophene rings is 1. The van der Waals surface area contributed by atoms with E-state index in [4.69, 9.17) is 0 Å². The molecular weight excluding hydrogens is 324 g/mol. The molecule has 0 aliphatic carbocycles. The fourth-order valence-corrected chi connectivity index (χ4v) is 3.56. The minimum Gasteiger partial charge on any atom is -0.392 e. The lowest BCUT2D eigenvalue weighted by atomic mass is 10.2. The number of β-amino-alcohol motifs (C(OH)–C–C–N with tert-alkyl or cyclic N) is 1. The van der Waals surface area contributed by atoms with Gasteiger partial charge in [-0.1, -0.05) is 18.2 Å². The molecule has 2 heterocycles. The number of fused-ring (bicyclic) bond motifs is 1. The molecule has 1 saturated heterocycles. The Morgan fingerprint density at radius 3 is 2.91 bits per heavy atom. The molecule has 1 amide bonds. The van der Waals surface area contributed by atoms with Gasteiger partial charge in [-0.25, -0.2) is 0 Å². The van der Waals surface area contributed by atoms with Gasteiger partial charge in [0.1, 0.15) is 6.10 Å². The summed E-state index contributed by atoms with van der Waals surface area (Å²) in [4.78, 5) is 12.7. The van der Waals surface area contributed by atoms with Crippen LogP contribution in [0.4, 0.5) is 0 Å². The average Bonchev–Trinajstić information content (AvgIpc) is 3.10. The lowest BCUT2D eigenvalue weighted by Crippen LogP contribution is -2.41. The molecule has 0 saturated carbocycles. The van der Waals surface area contributed by atoms with Crippen LogP contribution in [-0.2, 0) is 4.79 Å². The first-order valence-electron chi connectivity index (χ1n) is 6.99. The summed E-state index contributed by atoms with van der Waals surface area (Å²) >= 11 is 1.53. The first-order chi connectivity index (χ1) is 10.1. The van der Waals surface area contributed by atoms with Gasteiger partial charge in [-0.15, -0.1) is 23.7 Å². The zero-order chi connectivity index (χ0) is 14.8. The van der Waals surface area contributed by atoms with E-state index in [0.717, 1.165) is 15.0 Å². The highest BCUT2D eigenvalue weighted by Gasteiger charge is 2.28. The molecule has 5 nitrogen and oxygen atoms in total. The predicted octanol–water partition coefficient (Wildman–Crippen LogP) is 1.20. The van der Waals surface area contributed by atoms with Crippen LogP contribution < -0.4 is 10.6 Å². The summed E-state index contributed by atoms with van der Waals surface area (Å²) < 4.78 is 1.12. The van der Waals surface area contributed by atoms with E-state index in [2.05, 4.69) is 10.6 Å². The van der Waals surface area contributed by atoms with Crippen LogP contribution in [-0.4, -0.2) is 41.4 Å². The summed E-state index contributed by atoms with van der Waals surface area (Å²) in [6.07, 6.45) is -0.754. The molecule has 3 atom stereocenters. The molecule has 0 radical (unpaired) electrons. The molecule has 1 aromatic carbocycles. The van der Waals surface area contributed by atoms with Crippen LogP contribution in [0.15, 0.2) is 30.3 Å². The monoisotopic (exact) mass is 342 g/mol. The van der Waals surface area contributed by atoms with Crippen LogP contribution in [0.1, 0.15) is 17.4 Å². The van der Waals surface area contributed by atoms with Crippen LogP contribution in [0.25, 0.3) is 10.1 Å². The van der Waals surface area contributed by atoms with Gasteiger partial charge in [-0.05, 0) is 23.9 Å². The SMILES string of the molecule is Cl.O=C(NCC(O)c1cc2ccccc2s1)C1CC(O)CN1. The number of carbonyl (C=O) groups excluding carboxylic acids is 1. The topological polar surface area (TPSA) is 81.6 Å². The van der Waals surface area contributed by atoms with Gasteiger partial charge in [0, 0.05) is 22.7 Å². The van der Waals surface area contributed by atoms with Crippen molar-refractivity contribution < 1.29 is 15.0 Å². The Morgan fingerprint density at radius 2 is 2.23 bits per heavy atom. The lowest BCUT2D eigenvalue weighted by molar-refractivity contribution is -0.123. The smallest absolute Gasteiger partial charge is 0.237 e. The molecule has 7 heteroatoms. The van der Waals surface area contributed by atoms with Gasteiger partial charge in [-0.2, -0.15) is 0 Å². The number of aliphatic hydroxyl groups is 2. The highest BCUT2D eigenvalue weighted by atomic mass is 35.5. The molecule has 1 aromatic heterocycles. The van der Waals surface area contributed by atoms with E-state index in [1.165, 1.54) is 11.3 Å². The third-order valence-corrected chi connectivity index (χ3v) is 4.88. The molecule has 22 heavy (non-hydrogen) atoms. The molecule has 3 unspecified atom stereocenters. The maximum absolute atomic E-state index is 11.9. The van der Waals surface area contributed by atoms with Crippen molar-refractivity contribution >= 4 is 39.7 Å². The highest BCUT2D eigenvalue weighted by molar-refractivity contribution is 7.19. The van der Waals surface area contributed by atoms with Gasteiger partial charge >= 0.3 is 0 Å². The highest BCUT2D eigenvalue weighted by Crippen LogP contribution is 2.29. The van der Waals surface area contributed by atoms with Crippen molar-refractivity contribution in [2.24, 2.45) is 0 Å². The third kappa shape index (κ3) is 3.77. The van der Waals surface area contributed by atoms with Crippen LogP contribution >= 0.6 is 23.7 Å². The summed E-state index contributed by atoms with van der Waals surface area (Å²) in [6, 6.07) is 9.53. The number of rotatable bonds is 4. The standard InChI is InChI=1S/C15H18N2O3S.ClH/c18-10-6-11(16-7-10)15(20)17-8-12(19)14-5-9-3-1-2-4-13(9)21-14;/h1-5,10-12,16,18-19H,6-8H2,(H,17,20);1H. The Morgan fingerprint density at radius 1 is 1.45 bits per heavy atom. The Balaban J connectivity index is 0.00000176. The molecule has 0 spiro atoms. The Bertz CT molecular complexity index is 616. The molecule has 1 fully saturated rings. The zero-order valence-corrected chi connectivity index (χ0v) is 13.5. The van der Waals surface area contributed by atoms with Crippen LogP contribution in [0.3, 0.4) is 0 Å². The van der Waals surface area contributed by atoms with Gasteiger partial charge in [-0.3, -0.25) is 4.79 Å². The second-order valence-electron chi connectivity index (χ2n) is 5.30. The minimum absolute atomic E-state index is 0. The lowest BCUT2D eigenvalue weighted by Gasteiger charge is -2.13. The van der Waals surface area contributed by atoms with Crippen molar-refractivity contribution in [1.82, 2.24) is 10.6 Å². The first-order valence-corrected chi connectivity index (χ1v) is 7.81. The Kier molecular flexibility index (Phi) is 5.77. The van der Waals surface area contributed by atoms with Crippen molar-refractivity contribution in [2.45, 2.75) is 24.7 Å². The van der Waals surface area contributed by atoms with Crippen molar-refractivity contribution in [2.75, 3.05) is 13.1 Å². The molecule has 2 aromatic rings. The minimum atomic E-state index is -0.710. The average molecular weight is 343 g/mol. The first kappa shape index (κ1) is 17.2. The number of benzene rings is 1. The zero-order valence-electron chi connectivity index (χ0n) is 11.9. The maximum atomic E-state index is 11.9. The van der Waals surface area contributed by atoms with Gasteiger partial charge < -0.3 is 20.8 Å². The summed E-state index contributed by atoms with van der Waals surface area (Å²) in [5.41, 5.74) is 0. The van der Waals surface area contributed by atoms with Gasteiger partial charge in [0.25, 0.3) is 0 Å². The van der Waals surface area contributed by atoms with E-state index in [9.17, 15) is 15.0 Å². The number of hydrogen-bond acceptors (Lipinski definition) is 5. The van der Waals surface area contributed by atoms with Crippen molar-refractivity contribution in [3.05, 3.63) is 35.2 Å². The van der Waals surface area contributed by atoms with E-state index in [0.29, 0.717) is 13.0 Å². The fraction of sp³-hybridized carbons (Fsp3) is 0.400.